The van der Waals surface area contributed by atoms with E-state index in [4.69, 9.17) is 4.43 Å². The van der Waals surface area contributed by atoms with Crippen molar-refractivity contribution in [1.82, 2.24) is 15.0 Å². The summed E-state index contributed by atoms with van der Waals surface area (Å²) in [5.74, 6) is 1.02. The lowest BCUT2D eigenvalue weighted by Gasteiger charge is -2.46. The van der Waals surface area contributed by atoms with Crippen molar-refractivity contribution < 1.29 is 4.43 Å². The maximum atomic E-state index is 7.35. The Balaban J connectivity index is 1.44. The lowest BCUT2D eigenvalue weighted by atomic mass is 10.1. The molecule has 1 N–H and O–H groups in total. The van der Waals surface area contributed by atoms with Crippen LogP contribution in [0.1, 0.15) is 33.6 Å². The van der Waals surface area contributed by atoms with Gasteiger partial charge in [0.25, 0.3) is 8.32 Å². The first-order valence-corrected chi connectivity index (χ1v) is 13.7. The summed E-state index contributed by atoms with van der Waals surface area (Å²) < 4.78 is 7.35. The van der Waals surface area contributed by atoms with Crippen LogP contribution >= 0.6 is 0 Å². The number of anilines is 1. The first-order chi connectivity index (χ1) is 16.0. The zero-order chi connectivity index (χ0) is 22.9. The summed E-state index contributed by atoms with van der Waals surface area (Å²) >= 11 is 0. The van der Waals surface area contributed by atoms with Crippen LogP contribution in [-0.2, 0) is 4.43 Å². The van der Waals surface area contributed by atoms with E-state index in [0.717, 1.165) is 42.8 Å². The average Bonchev–Trinajstić information content (AvgIpc) is 3.32. The number of benzene rings is 2. The lowest BCUT2D eigenvalue weighted by molar-refractivity contribution is 0.158. The van der Waals surface area contributed by atoms with Gasteiger partial charge in [0.15, 0.2) is 0 Å². The van der Waals surface area contributed by atoms with Crippen LogP contribution in [0.15, 0.2) is 79.3 Å². The van der Waals surface area contributed by atoms with E-state index in [9.17, 15) is 0 Å². The third kappa shape index (κ3) is 3.98. The van der Waals surface area contributed by atoms with E-state index in [1.807, 2.05) is 6.20 Å². The van der Waals surface area contributed by atoms with Gasteiger partial charge in [-0.25, -0.2) is 9.97 Å². The highest BCUT2D eigenvalue weighted by Crippen LogP contribution is 2.39. The SMILES string of the molecule is CC(C)(C)[Si](OC1CCN(c2ncnc3[nH]ccc23)CC1)(c1ccccc1)c1ccccc1. The van der Waals surface area contributed by atoms with E-state index in [1.165, 1.54) is 10.4 Å². The molecule has 0 saturated carbocycles. The molecule has 2 aromatic carbocycles. The molecule has 0 unspecified atom stereocenters. The number of H-pyrrole nitrogens is 1. The molecule has 0 spiro atoms. The van der Waals surface area contributed by atoms with Gasteiger partial charge in [0, 0.05) is 25.4 Å². The van der Waals surface area contributed by atoms with Crippen LogP contribution in [-0.4, -0.2) is 42.5 Å². The minimum atomic E-state index is -2.52. The van der Waals surface area contributed by atoms with Crippen LogP contribution in [0.4, 0.5) is 5.82 Å². The fourth-order valence-electron chi connectivity index (χ4n) is 5.24. The molecule has 1 saturated heterocycles. The Morgan fingerprint density at radius 1 is 0.879 bits per heavy atom. The molecule has 0 bridgehead atoms. The van der Waals surface area contributed by atoms with E-state index in [0.29, 0.717) is 0 Å². The van der Waals surface area contributed by atoms with E-state index >= 15 is 0 Å². The second kappa shape index (κ2) is 8.76. The van der Waals surface area contributed by atoms with Crippen molar-refractivity contribution in [3.8, 4) is 0 Å². The van der Waals surface area contributed by atoms with Gasteiger partial charge in [0.05, 0.1) is 5.39 Å². The number of rotatable bonds is 5. The van der Waals surface area contributed by atoms with Crippen LogP contribution < -0.4 is 15.3 Å². The number of piperidine rings is 1. The highest BCUT2D eigenvalue weighted by atomic mass is 28.4. The molecule has 1 aliphatic rings. The average molecular weight is 457 g/mol. The molecular weight excluding hydrogens is 424 g/mol. The Kier molecular flexibility index (Phi) is 5.80. The largest absolute Gasteiger partial charge is 0.404 e. The standard InChI is InChI=1S/C27H32N4OSi/c1-27(2,3)33(22-10-6-4-7-11-22,23-12-8-5-9-13-23)32-21-15-18-31(19-16-21)26-24-14-17-28-25(24)29-20-30-26/h4-14,17,20-21H,15-16,18-19H2,1-3H3,(H,28,29,30). The number of aromatic amines is 1. The number of hydrogen-bond acceptors (Lipinski definition) is 4. The fraction of sp³-hybridized carbons (Fsp3) is 0.333. The highest BCUT2D eigenvalue weighted by molar-refractivity contribution is 6.99. The van der Waals surface area contributed by atoms with Crippen molar-refractivity contribution in [2.45, 2.75) is 44.8 Å². The van der Waals surface area contributed by atoms with Crippen molar-refractivity contribution in [3.05, 3.63) is 79.3 Å². The van der Waals surface area contributed by atoms with Crippen molar-refractivity contribution in [2.24, 2.45) is 0 Å². The Morgan fingerprint density at radius 2 is 1.48 bits per heavy atom. The van der Waals surface area contributed by atoms with Gasteiger partial charge in [-0.2, -0.15) is 0 Å². The molecule has 5 rings (SSSR count). The van der Waals surface area contributed by atoms with Crippen molar-refractivity contribution in [1.29, 1.82) is 0 Å². The first kappa shape index (κ1) is 21.9. The van der Waals surface area contributed by atoms with Crippen molar-refractivity contribution in [2.75, 3.05) is 18.0 Å². The van der Waals surface area contributed by atoms with E-state index in [-0.39, 0.29) is 11.1 Å². The van der Waals surface area contributed by atoms with Crippen LogP contribution in [0.5, 0.6) is 0 Å². The zero-order valence-corrected chi connectivity index (χ0v) is 20.7. The van der Waals surface area contributed by atoms with Crippen molar-refractivity contribution in [3.63, 3.8) is 0 Å². The number of nitrogens with one attached hydrogen (secondary N) is 1. The molecule has 0 aliphatic carbocycles. The molecule has 0 atom stereocenters. The molecule has 4 aromatic rings. The topological polar surface area (TPSA) is 54.0 Å². The molecule has 1 aliphatic heterocycles. The Morgan fingerprint density at radius 3 is 2.06 bits per heavy atom. The molecule has 2 aromatic heterocycles. The first-order valence-electron chi connectivity index (χ1n) is 11.8. The van der Waals surface area contributed by atoms with Gasteiger partial charge in [-0.3, -0.25) is 0 Å². The van der Waals surface area contributed by atoms with Crippen LogP contribution in [0.2, 0.25) is 5.04 Å². The number of nitrogens with zero attached hydrogens (tertiary/aromatic N) is 3. The van der Waals surface area contributed by atoms with Gasteiger partial charge in [0.2, 0.25) is 0 Å². The summed E-state index contributed by atoms with van der Waals surface area (Å²) in [5.41, 5.74) is 0.894. The van der Waals surface area contributed by atoms with Crippen LogP contribution in [0, 0.1) is 0 Å². The van der Waals surface area contributed by atoms with E-state index in [1.54, 1.807) is 6.33 Å². The smallest absolute Gasteiger partial charge is 0.261 e. The van der Waals surface area contributed by atoms with Gasteiger partial charge < -0.3 is 14.3 Å². The summed E-state index contributed by atoms with van der Waals surface area (Å²) in [7, 11) is -2.52. The Labute approximate surface area is 197 Å². The summed E-state index contributed by atoms with van der Waals surface area (Å²) in [6.07, 6.45) is 5.78. The molecule has 170 valence electrons. The number of fused-ring (bicyclic) bond motifs is 1. The van der Waals surface area contributed by atoms with Crippen molar-refractivity contribution >= 4 is 35.5 Å². The number of hydrogen-bond donors (Lipinski definition) is 1. The molecule has 3 heterocycles. The van der Waals surface area contributed by atoms with Gasteiger partial charge in [-0.15, -0.1) is 0 Å². The lowest BCUT2D eigenvalue weighted by Crippen LogP contribution is -2.68. The predicted octanol–water partition coefficient (Wildman–Crippen LogP) is 4.50. The predicted molar refractivity (Wildman–Crippen MR) is 138 cm³/mol. The minimum Gasteiger partial charge on any atom is -0.404 e. The van der Waals surface area contributed by atoms with Crippen LogP contribution in [0.25, 0.3) is 11.0 Å². The monoisotopic (exact) mass is 456 g/mol. The molecule has 6 heteroatoms. The van der Waals surface area contributed by atoms with Gasteiger partial charge in [-0.05, 0) is 34.3 Å². The van der Waals surface area contributed by atoms with E-state index < -0.39 is 8.32 Å². The molecule has 0 amide bonds. The third-order valence-electron chi connectivity index (χ3n) is 6.83. The molecule has 5 nitrogen and oxygen atoms in total. The summed E-state index contributed by atoms with van der Waals surface area (Å²) in [6.45, 7) is 8.90. The Bertz CT molecular complexity index is 1160. The molecule has 1 fully saturated rings. The minimum absolute atomic E-state index is 0.00319. The van der Waals surface area contributed by atoms with Gasteiger partial charge in [0.1, 0.15) is 17.8 Å². The number of aromatic nitrogens is 3. The maximum Gasteiger partial charge on any atom is 0.261 e. The molecular formula is C27H32N4OSi. The van der Waals surface area contributed by atoms with Crippen LogP contribution in [0.3, 0.4) is 0 Å². The van der Waals surface area contributed by atoms with E-state index in [2.05, 4.69) is 107 Å². The Hall–Kier alpha value is -2.96. The molecule has 33 heavy (non-hydrogen) atoms. The maximum absolute atomic E-state index is 7.35. The zero-order valence-electron chi connectivity index (χ0n) is 19.7. The third-order valence-corrected chi connectivity index (χ3v) is 11.9. The highest BCUT2D eigenvalue weighted by Gasteiger charge is 2.51. The second-order valence-electron chi connectivity index (χ2n) is 9.90. The van der Waals surface area contributed by atoms with Gasteiger partial charge in [-0.1, -0.05) is 81.4 Å². The second-order valence-corrected chi connectivity index (χ2v) is 14.2. The summed E-state index contributed by atoms with van der Waals surface area (Å²) in [5, 5.41) is 3.77. The molecule has 0 radical (unpaired) electrons. The summed E-state index contributed by atoms with van der Waals surface area (Å²) in [6, 6.07) is 23.9. The van der Waals surface area contributed by atoms with Gasteiger partial charge >= 0.3 is 0 Å². The fourth-order valence-corrected chi connectivity index (χ4v) is 9.99. The summed E-state index contributed by atoms with van der Waals surface area (Å²) in [4.78, 5) is 14.5. The quantitative estimate of drug-likeness (QED) is 0.449. The normalized spacial score (nSPS) is 15.8.